The summed E-state index contributed by atoms with van der Waals surface area (Å²) in [5.41, 5.74) is 4.04. The van der Waals surface area contributed by atoms with Crippen molar-refractivity contribution in [3.05, 3.63) is 95.2 Å². The van der Waals surface area contributed by atoms with Gasteiger partial charge in [0.25, 0.3) is 5.91 Å². The van der Waals surface area contributed by atoms with Crippen LogP contribution in [0.5, 0.6) is 0 Å². The van der Waals surface area contributed by atoms with Crippen LogP contribution >= 0.6 is 0 Å². The average molecular weight is 598 g/mol. The lowest BCUT2D eigenvalue weighted by atomic mass is 10.0. The fourth-order valence-electron chi connectivity index (χ4n) is 5.09. The Morgan fingerprint density at radius 3 is 2.43 bits per heavy atom. The van der Waals surface area contributed by atoms with E-state index in [1.165, 1.54) is 17.9 Å². The van der Waals surface area contributed by atoms with E-state index in [-0.39, 0.29) is 18.0 Å². The summed E-state index contributed by atoms with van der Waals surface area (Å²) >= 11 is 0. The molecule has 1 aromatic heterocycles. The molecule has 3 aromatic carbocycles. The van der Waals surface area contributed by atoms with Crippen molar-refractivity contribution in [2.24, 2.45) is 0 Å². The third-order valence-electron chi connectivity index (χ3n) is 7.68. The molecule has 0 radical (unpaired) electrons. The Bertz CT molecular complexity index is 1680. The first-order chi connectivity index (χ1) is 21.2. The standard InChI is InChI=1S/C33H35N5O6/c1-21(39)37(2)27-5-3-4-23(16-27)17-29(32(41)34-26-10-11-28-25(18-26)19-30(35-28)33(42)43)36-31(40)24-8-6-22(7-9-24)20-38-12-14-44-15-13-38/h3-11,16,18-19,29,35H,12-15,17,20H2,1-2H3,(H,34,41)(H,36,40)(H,42,43). The van der Waals surface area contributed by atoms with E-state index in [1.54, 1.807) is 49.5 Å². The lowest BCUT2D eigenvalue weighted by Gasteiger charge is -2.26. The highest BCUT2D eigenvalue weighted by Crippen LogP contribution is 2.22. The fourth-order valence-corrected chi connectivity index (χ4v) is 5.09. The number of H-pyrrole nitrogens is 1. The first-order valence-corrected chi connectivity index (χ1v) is 14.4. The van der Waals surface area contributed by atoms with Gasteiger partial charge in [-0.3, -0.25) is 19.3 Å². The predicted molar refractivity (Wildman–Crippen MR) is 167 cm³/mol. The molecule has 44 heavy (non-hydrogen) atoms. The summed E-state index contributed by atoms with van der Waals surface area (Å²) < 4.78 is 5.41. The molecule has 0 aliphatic carbocycles. The first-order valence-electron chi connectivity index (χ1n) is 14.4. The van der Waals surface area contributed by atoms with Crippen LogP contribution < -0.4 is 15.5 Å². The maximum Gasteiger partial charge on any atom is 0.352 e. The Kier molecular flexibility index (Phi) is 9.37. The van der Waals surface area contributed by atoms with E-state index in [0.717, 1.165) is 30.8 Å². The number of carbonyl (C=O) groups excluding carboxylic acids is 3. The molecule has 0 spiro atoms. The van der Waals surface area contributed by atoms with Gasteiger partial charge >= 0.3 is 5.97 Å². The molecule has 1 saturated heterocycles. The lowest BCUT2D eigenvalue weighted by Crippen LogP contribution is -2.45. The van der Waals surface area contributed by atoms with Crippen molar-refractivity contribution < 1.29 is 29.0 Å². The molecule has 1 fully saturated rings. The second-order valence-electron chi connectivity index (χ2n) is 10.8. The van der Waals surface area contributed by atoms with Crippen molar-refractivity contribution in [3.63, 3.8) is 0 Å². The summed E-state index contributed by atoms with van der Waals surface area (Å²) in [7, 11) is 1.67. The molecule has 5 rings (SSSR count). The van der Waals surface area contributed by atoms with Gasteiger partial charge in [-0.1, -0.05) is 24.3 Å². The van der Waals surface area contributed by atoms with E-state index in [9.17, 15) is 24.3 Å². The summed E-state index contributed by atoms with van der Waals surface area (Å²) in [6.07, 6.45) is 0.168. The van der Waals surface area contributed by atoms with Gasteiger partial charge in [0.05, 0.1) is 13.2 Å². The number of aromatic amines is 1. The van der Waals surface area contributed by atoms with Crippen molar-refractivity contribution in [1.29, 1.82) is 0 Å². The number of ether oxygens (including phenoxy) is 1. The zero-order valence-corrected chi connectivity index (χ0v) is 24.6. The molecule has 4 N–H and O–H groups in total. The molecule has 11 nitrogen and oxygen atoms in total. The van der Waals surface area contributed by atoms with Crippen LogP contribution in [0, 0.1) is 0 Å². The number of anilines is 2. The molecule has 3 amide bonds. The zero-order chi connectivity index (χ0) is 31.2. The number of aromatic carboxylic acids is 1. The van der Waals surface area contributed by atoms with Crippen molar-refractivity contribution in [1.82, 2.24) is 15.2 Å². The minimum Gasteiger partial charge on any atom is -0.477 e. The van der Waals surface area contributed by atoms with Gasteiger partial charge in [-0.05, 0) is 59.7 Å². The molecule has 1 unspecified atom stereocenters. The van der Waals surface area contributed by atoms with Gasteiger partial charge in [0.15, 0.2) is 0 Å². The minimum atomic E-state index is -1.08. The Labute approximate surface area is 254 Å². The Morgan fingerprint density at radius 1 is 0.977 bits per heavy atom. The van der Waals surface area contributed by atoms with Crippen LogP contribution in [-0.2, 0) is 27.3 Å². The topological polar surface area (TPSA) is 144 Å². The van der Waals surface area contributed by atoms with E-state index in [4.69, 9.17) is 4.74 Å². The number of nitrogens with zero attached hydrogens (tertiary/aromatic N) is 2. The van der Waals surface area contributed by atoms with Gasteiger partial charge in [0.2, 0.25) is 11.8 Å². The number of rotatable bonds is 10. The summed E-state index contributed by atoms with van der Waals surface area (Å²) in [5, 5.41) is 15.7. The average Bonchev–Trinajstić information content (AvgIpc) is 3.45. The van der Waals surface area contributed by atoms with E-state index < -0.39 is 23.8 Å². The molecular weight excluding hydrogens is 562 g/mol. The molecule has 11 heteroatoms. The highest BCUT2D eigenvalue weighted by Gasteiger charge is 2.23. The molecule has 228 valence electrons. The van der Waals surface area contributed by atoms with Gasteiger partial charge in [-0.25, -0.2) is 4.79 Å². The summed E-state index contributed by atoms with van der Waals surface area (Å²) in [4.78, 5) is 56.9. The number of amides is 3. The molecular formula is C33H35N5O6. The summed E-state index contributed by atoms with van der Waals surface area (Å²) in [5.74, 6) is -2.05. The van der Waals surface area contributed by atoms with Crippen LogP contribution in [0.2, 0.25) is 0 Å². The number of carboxylic acid groups (broad SMARTS) is 1. The molecule has 0 bridgehead atoms. The maximum atomic E-state index is 13.6. The SMILES string of the molecule is CC(=O)N(C)c1cccc(CC(NC(=O)c2ccc(CN3CCOCC3)cc2)C(=O)Nc2ccc3[nH]c(C(=O)O)cc3c2)c1. The van der Waals surface area contributed by atoms with Gasteiger partial charge in [-0.2, -0.15) is 0 Å². The third-order valence-corrected chi connectivity index (χ3v) is 7.68. The number of carboxylic acids is 1. The monoisotopic (exact) mass is 597 g/mol. The van der Waals surface area contributed by atoms with Crippen molar-refractivity contribution >= 4 is 46.0 Å². The van der Waals surface area contributed by atoms with Gasteiger partial charge in [0.1, 0.15) is 11.7 Å². The van der Waals surface area contributed by atoms with Gasteiger partial charge < -0.3 is 30.4 Å². The van der Waals surface area contributed by atoms with E-state index >= 15 is 0 Å². The Hall–Kier alpha value is -5.00. The lowest BCUT2D eigenvalue weighted by molar-refractivity contribution is -0.118. The fraction of sp³-hybridized carbons (Fsp3) is 0.273. The molecule has 1 aliphatic heterocycles. The quantitative estimate of drug-likeness (QED) is 0.218. The predicted octanol–water partition coefficient (Wildman–Crippen LogP) is 3.66. The van der Waals surface area contributed by atoms with Crippen LogP contribution in [0.4, 0.5) is 11.4 Å². The highest BCUT2D eigenvalue weighted by atomic mass is 16.5. The number of hydrogen-bond donors (Lipinski definition) is 4. The highest BCUT2D eigenvalue weighted by molar-refractivity contribution is 6.02. The summed E-state index contributed by atoms with van der Waals surface area (Å²) in [6.45, 7) is 5.37. The number of carbonyl (C=O) groups is 4. The molecule has 1 aliphatic rings. The number of morpholine rings is 1. The number of hydrogen-bond acceptors (Lipinski definition) is 6. The summed E-state index contributed by atoms with van der Waals surface area (Å²) in [6, 6.07) is 20.1. The number of nitrogens with one attached hydrogen (secondary N) is 3. The molecule has 2 heterocycles. The van der Waals surface area contributed by atoms with Gasteiger partial charge in [-0.15, -0.1) is 0 Å². The smallest absolute Gasteiger partial charge is 0.352 e. The molecule has 1 atom stereocenters. The second kappa shape index (κ2) is 13.5. The number of benzene rings is 3. The van der Waals surface area contributed by atoms with Crippen molar-refractivity contribution in [3.8, 4) is 0 Å². The number of fused-ring (bicyclic) bond motifs is 1. The largest absolute Gasteiger partial charge is 0.477 e. The second-order valence-corrected chi connectivity index (χ2v) is 10.8. The Balaban J connectivity index is 1.34. The van der Waals surface area contributed by atoms with Crippen LogP contribution in [0.1, 0.15) is 38.9 Å². The number of aromatic nitrogens is 1. The zero-order valence-electron chi connectivity index (χ0n) is 24.6. The van der Waals surface area contributed by atoms with E-state index in [0.29, 0.717) is 41.1 Å². The normalized spacial score (nSPS) is 14.1. The van der Waals surface area contributed by atoms with E-state index in [1.807, 2.05) is 24.3 Å². The molecule has 0 saturated carbocycles. The third kappa shape index (κ3) is 7.49. The van der Waals surface area contributed by atoms with Crippen molar-refractivity contribution in [2.75, 3.05) is 43.6 Å². The Morgan fingerprint density at radius 2 is 1.73 bits per heavy atom. The minimum absolute atomic E-state index is 0.0417. The maximum absolute atomic E-state index is 13.6. The van der Waals surface area contributed by atoms with Crippen LogP contribution in [0.25, 0.3) is 10.9 Å². The first kappa shape index (κ1) is 30.5. The van der Waals surface area contributed by atoms with Crippen molar-refractivity contribution in [2.45, 2.75) is 25.9 Å². The molecule has 4 aromatic rings. The van der Waals surface area contributed by atoms with E-state index in [2.05, 4.69) is 20.5 Å². The van der Waals surface area contributed by atoms with Crippen LogP contribution in [0.15, 0.2) is 72.8 Å². The van der Waals surface area contributed by atoms with Gasteiger partial charge in [0, 0.05) is 67.9 Å². The van der Waals surface area contributed by atoms with Crippen LogP contribution in [-0.4, -0.2) is 78.1 Å². The van der Waals surface area contributed by atoms with Crippen LogP contribution in [0.3, 0.4) is 0 Å².